The van der Waals surface area contributed by atoms with Crippen LogP contribution < -0.4 is 5.32 Å². The summed E-state index contributed by atoms with van der Waals surface area (Å²) in [6.45, 7) is 8.18. The van der Waals surface area contributed by atoms with Gasteiger partial charge < -0.3 is 5.32 Å². The van der Waals surface area contributed by atoms with E-state index in [0.717, 1.165) is 29.1 Å². The van der Waals surface area contributed by atoms with Crippen molar-refractivity contribution >= 4 is 23.3 Å². The number of nitrogens with zero attached hydrogens (tertiary/aromatic N) is 4. The van der Waals surface area contributed by atoms with Crippen LogP contribution in [-0.2, 0) is 4.79 Å². The van der Waals surface area contributed by atoms with E-state index >= 15 is 0 Å². The van der Waals surface area contributed by atoms with Gasteiger partial charge in [0.25, 0.3) is 0 Å². The molecular weight excluding hydrogens is 358 g/mol. The highest BCUT2D eigenvalue weighted by Crippen LogP contribution is 2.22. The molecule has 0 spiro atoms. The predicted octanol–water partition coefficient (Wildman–Crippen LogP) is 3.74. The Morgan fingerprint density at radius 1 is 1.19 bits per heavy atom. The van der Waals surface area contributed by atoms with Gasteiger partial charge in [0.2, 0.25) is 5.91 Å². The summed E-state index contributed by atoms with van der Waals surface area (Å²) in [5.74, 6) is 1.58. The zero-order valence-corrected chi connectivity index (χ0v) is 17.0. The molecule has 2 heterocycles. The topological polar surface area (TPSA) is 72.2 Å². The molecule has 0 bridgehead atoms. The zero-order valence-electron chi connectivity index (χ0n) is 16.1. The van der Waals surface area contributed by atoms with E-state index < -0.39 is 0 Å². The monoisotopic (exact) mass is 383 g/mol. The van der Waals surface area contributed by atoms with Gasteiger partial charge in [0.15, 0.2) is 10.8 Å². The first-order chi connectivity index (χ1) is 12.9. The van der Waals surface area contributed by atoms with Crippen molar-refractivity contribution in [1.29, 1.82) is 0 Å². The normalized spacial score (nSPS) is 12.5. The quantitative estimate of drug-likeness (QED) is 0.629. The number of nitrogens with one attached hydrogen (secondary N) is 1. The second-order valence-corrected chi connectivity index (χ2v) is 8.01. The van der Waals surface area contributed by atoms with Gasteiger partial charge in [-0.2, -0.15) is 0 Å². The lowest BCUT2D eigenvalue weighted by Gasteiger charge is -2.21. The van der Waals surface area contributed by atoms with Crippen molar-refractivity contribution in [2.45, 2.75) is 45.3 Å². The number of fused-ring (bicyclic) bond motifs is 1. The van der Waals surface area contributed by atoms with Gasteiger partial charge in [0.05, 0.1) is 11.8 Å². The number of aromatic nitrogens is 4. The minimum Gasteiger partial charge on any atom is -0.349 e. The van der Waals surface area contributed by atoms with Crippen LogP contribution >= 0.6 is 11.8 Å². The molecular formula is C20H25N5OS. The average Bonchev–Trinajstić information content (AvgIpc) is 3.03. The number of hydrogen-bond acceptors (Lipinski definition) is 5. The van der Waals surface area contributed by atoms with Crippen LogP contribution in [0.3, 0.4) is 0 Å². The Labute approximate surface area is 163 Å². The predicted molar refractivity (Wildman–Crippen MR) is 108 cm³/mol. The van der Waals surface area contributed by atoms with E-state index in [1.54, 1.807) is 0 Å². The molecule has 2 aromatic heterocycles. The van der Waals surface area contributed by atoms with Gasteiger partial charge in [-0.1, -0.05) is 55.9 Å². The fraction of sp³-hybridized carbons (Fsp3) is 0.400. The molecule has 0 saturated carbocycles. The molecule has 0 aliphatic heterocycles. The first kappa shape index (κ1) is 19.4. The summed E-state index contributed by atoms with van der Waals surface area (Å²) in [5.41, 5.74) is 2.79. The van der Waals surface area contributed by atoms with Gasteiger partial charge in [-0.25, -0.2) is 4.98 Å². The highest BCUT2D eigenvalue weighted by atomic mass is 32.2. The summed E-state index contributed by atoms with van der Waals surface area (Å²) < 4.78 is 1.88. The molecule has 7 heteroatoms. The molecule has 1 N–H and O–H groups in total. The molecule has 142 valence electrons. The molecule has 6 nitrogen and oxygen atoms in total. The van der Waals surface area contributed by atoms with Gasteiger partial charge in [0, 0.05) is 11.8 Å². The van der Waals surface area contributed by atoms with E-state index in [0.29, 0.717) is 11.1 Å². The molecule has 1 unspecified atom stereocenters. The molecule has 0 aliphatic carbocycles. The summed E-state index contributed by atoms with van der Waals surface area (Å²) in [5, 5.41) is 12.2. The molecule has 0 saturated heterocycles. The smallest absolute Gasteiger partial charge is 0.230 e. The number of aryl methyl sites for hydroxylation is 2. The first-order valence-electron chi connectivity index (χ1n) is 9.10. The molecule has 3 rings (SSSR count). The van der Waals surface area contributed by atoms with Gasteiger partial charge in [-0.15, -0.1) is 10.2 Å². The number of thioether (sulfide) groups is 1. The molecule has 0 fully saturated rings. The summed E-state index contributed by atoms with van der Waals surface area (Å²) in [7, 11) is 0. The Hall–Kier alpha value is -2.41. The lowest BCUT2D eigenvalue weighted by atomic mass is 9.97. The number of amides is 1. The van der Waals surface area contributed by atoms with E-state index in [-0.39, 0.29) is 17.7 Å². The molecule has 1 atom stereocenters. The Morgan fingerprint density at radius 3 is 2.63 bits per heavy atom. The maximum atomic E-state index is 12.6. The summed E-state index contributed by atoms with van der Waals surface area (Å²) in [6.07, 6.45) is 0.899. The van der Waals surface area contributed by atoms with Crippen LogP contribution in [0.5, 0.6) is 0 Å². The summed E-state index contributed by atoms with van der Waals surface area (Å²) in [4.78, 5) is 17.0. The molecule has 1 amide bonds. The van der Waals surface area contributed by atoms with Crippen LogP contribution in [0, 0.1) is 19.8 Å². The largest absolute Gasteiger partial charge is 0.349 e. The third-order valence-electron chi connectivity index (χ3n) is 4.23. The third kappa shape index (κ3) is 4.86. The van der Waals surface area contributed by atoms with Crippen molar-refractivity contribution in [1.82, 2.24) is 24.9 Å². The summed E-state index contributed by atoms with van der Waals surface area (Å²) >= 11 is 1.38. The van der Waals surface area contributed by atoms with E-state index in [2.05, 4.69) is 46.5 Å². The van der Waals surface area contributed by atoms with Crippen molar-refractivity contribution in [2.75, 3.05) is 5.75 Å². The Morgan fingerprint density at radius 2 is 1.93 bits per heavy atom. The first-order valence-corrected chi connectivity index (χ1v) is 10.1. The van der Waals surface area contributed by atoms with Crippen LogP contribution in [0.2, 0.25) is 0 Å². The van der Waals surface area contributed by atoms with Crippen LogP contribution in [0.4, 0.5) is 0 Å². The van der Waals surface area contributed by atoms with Crippen molar-refractivity contribution in [3.05, 3.63) is 53.5 Å². The van der Waals surface area contributed by atoms with E-state index in [1.807, 2.05) is 42.5 Å². The Kier molecular flexibility index (Phi) is 6.11. The molecule has 1 aromatic carbocycles. The fourth-order valence-corrected chi connectivity index (χ4v) is 3.89. The van der Waals surface area contributed by atoms with Gasteiger partial charge in [-0.3, -0.25) is 9.20 Å². The van der Waals surface area contributed by atoms with Crippen LogP contribution in [-0.4, -0.2) is 31.2 Å². The molecule has 27 heavy (non-hydrogen) atoms. The average molecular weight is 384 g/mol. The van der Waals surface area contributed by atoms with Crippen molar-refractivity contribution in [3.8, 4) is 0 Å². The molecule has 0 aliphatic rings. The maximum absolute atomic E-state index is 12.6. The lowest BCUT2D eigenvalue weighted by Crippen LogP contribution is -2.31. The number of carbonyl (C=O) groups is 1. The van der Waals surface area contributed by atoms with E-state index in [4.69, 9.17) is 0 Å². The number of rotatable bonds is 7. The minimum absolute atomic E-state index is 0.0102. The number of hydrogen-bond donors (Lipinski definition) is 1. The van der Waals surface area contributed by atoms with Gasteiger partial charge in [-0.05, 0) is 31.7 Å². The number of carbonyl (C=O) groups excluding carboxylic acids is 1. The highest BCUT2D eigenvalue weighted by Gasteiger charge is 2.17. The second kappa shape index (κ2) is 8.52. The minimum atomic E-state index is -0.0102. The zero-order chi connectivity index (χ0) is 19.4. The van der Waals surface area contributed by atoms with Gasteiger partial charge >= 0.3 is 0 Å². The maximum Gasteiger partial charge on any atom is 0.230 e. The van der Waals surface area contributed by atoms with Crippen LogP contribution in [0.25, 0.3) is 5.65 Å². The van der Waals surface area contributed by atoms with Crippen molar-refractivity contribution in [3.63, 3.8) is 0 Å². The van der Waals surface area contributed by atoms with Crippen LogP contribution in [0.1, 0.15) is 43.4 Å². The molecule has 0 radical (unpaired) electrons. The van der Waals surface area contributed by atoms with Crippen molar-refractivity contribution < 1.29 is 4.79 Å². The highest BCUT2D eigenvalue weighted by molar-refractivity contribution is 7.99. The summed E-state index contributed by atoms with van der Waals surface area (Å²) in [6, 6.07) is 12.0. The Balaban J connectivity index is 1.68. The van der Waals surface area contributed by atoms with Crippen LogP contribution in [0.15, 0.2) is 41.6 Å². The third-order valence-corrected chi connectivity index (χ3v) is 5.16. The fourth-order valence-electron chi connectivity index (χ4n) is 3.10. The molecule has 3 aromatic rings. The SMILES string of the molecule is Cc1cc2nnc(SCC(=O)NC(CC(C)C)c3ccccc3)n2c(C)n1. The second-order valence-electron chi connectivity index (χ2n) is 7.07. The Bertz CT molecular complexity index is 923. The van der Waals surface area contributed by atoms with Crippen molar-refractivity contribution in [2.24, 2.45) is 5.92 Å². The lowest BCUT2D eigenvalue weighted by molar-refractivity contribution is -0.119. The standard InChI is InChI=1S/C20H25N5OS/c1-13(2)10-17(16-8-6-5-7-9-16)22-19(26)12-27-20-24-23-18-11-14(3)21-15(4)25(18)20/h5-9,11,13,17H,10,12H2,1-4H3,(H,22,26). The number of benzene rings is 1. The van der Waals surface area contributed by atoms with E-state index in [1.165, 1.54) is 11.8 Å². The van der Waals surface area contributed by atoms with Gasteiger partial charge in [0.1, 0.15) is 5.82 Å². The van der Waals surface area contributed by atoms with E-state index in [9.17, 15) is 4.79 Å².